The maximum atomic E-state index is 14.0. The predicted molar refractivity (Wildman–Crippen MR) is 178 cm³/mol. The van der Waals surface area contributed by atoms with E-state index in [1.54, 1.807) is 18.2 Å². The smallest absolute Gasteiger partial charge is 0.248 e. The lowest BCUT2D eigenvalue weighted by molar-refractivity contribution is -0.123. The number of ketones is 1. The fraction of sp³-hybridized carbons (Fsp3) is 0.216. The topological polar surface area (TPSA) is 98.9 Å². The van der Waals surface area contributed by atoms with E-state index in [1.165, 1.54) is 55.1 Å². The fourth-order valence-corrected chi connectivity index (χ4v) is 6.30. The lowest BCUT2D eigenvalue weighted by Crippen LogP contribution is -2.32. The number of anilines is 1. The van der Waals surface area contributed by atoms with Crippen LogP contribution in [0.1, 0.15) is 62.7 Å². The van der Waals surface area contributed by atoms with E-state index in [2.05, 4.69) is 11.8 Å². The monoisotopic (exact) mass is 622 g/mol. The summed E-state index contributed by atoms with van der Waals surface area (Å²) in [5.74, 6) is 5.15. The molecule has 1 aliphatic rings. The molecule has 0 aliphatic carbocycles. The number of primary amides is 1. The van der Waals surface area contributed by atoms with Gasteiger partial charge in [-0.05, 0) is 78.5 Å². The fourth-order valence-electron chi connectivity index (χ4n) is 4.81. The van der Waals surface area contributed by atoms with Crippen molar-refractivity contribution in [2.24, 2.45) is 5.73 Å². The van der Waals surface area contributed by atoms with Gasteiger partial charge >= 0.3 is 0 Å². The second-order valence-electron chi connectivity index (χ2n) is 10.1. The zero-order chi connectivity index (χ0) is 35.3. The molecule has 2 N–H and O–H groups in total. The van der Waals surface area contributed by atoms with E-state index in [-0.39, 0.29) is 23.3 Å². The average Bonchev–Trinajstić information content (AvgIpc) is 3.42. The highest BCUT2D eigenvalue weighted by molar-refractivity contribution is 8.01. The summed E-state index contributed by atoms with van der Waals surface area (Å²) in [5.41, 5.74) is 8.53. The standard InChI is InChI=1S/C37H34N2O5S/c1-43-32-21-18-27(22-33(32)44-2)10-6-13-31(40)24-34-36(42)39(30-12-7-11-29(23-30)35(38)41)37(45-34)28-19-16-26(17-20-28)15-14-25-8-4-3-5-9-25/h3-5,7-9,11-12,16-23,34,37H,6,10,13,24H2,1-2H3,(H2,38,41)/t34-,37+/m1/s1/i6D2,10D2. The van der Waals surface area contributed by atoms with Gasteiger partial charge in [-0.3, -0.25) is 19.3 Å². The first-order chi connectivity index (χ1) is 23.3. The van der Waals surface area contributed by atoms with Gasteiger partial charge in [0.15, 0.2) is 11.5 Å². The number of thioether (sulfide) groups is 1. The van der Waals surface area contributed by atoms with Gasteiger partial charge in [-0.2, -0.15) is 0 Å². The number of carbonyl (C=O) groups excluding carboxylic acids is 3. The Labute approximate surface area is 273 Å². The minimum absolute atomic E-state index is 0.0215. The largest absolute Gasteiger partial charge is 0.493 e. The molecule has 4 aromatic carbocycles. The third-order valence-corrected chi connectivity index (χ3v) is 8.52. The van der Waals surface area contributed by atoms with Gasteiger partial charge in [-0.25, -0.2) is 0 Å². The van der Waals surface area contributed by atoms with Gasteiger partial charge in [0.25, 0.3) is 0 Å². The van der Waals surface area contributed by atoms with Crippen LogP contribution in [0.5, 0.6) is 11.5 Å². The van der Waals surface area contributed by atoms with Crippen molar-refractivity contribution in [3.8, 4) is 23.3 Å². The third-order valence-electron chi connectivity index (χ3n) is 7.09. The average molecular weight is 623 g/mol. The second-order valence-corrected chi connectivity index (χ2v) is 11.4. The van der Waals surface area contributed by atoms with Crippen LogP contribution in [0.3, 0.4) is 0 Å². The van der Waals surface area contributed by atoms with Crippen LogP contribution >= 0.6 is 11.8 Å². The van der Waals surface area contributed by atoms with Crippen molar-refractivity contribution in [2.75, 3.05) is 19.1 Å². The molecule has 2 atom stereocenters. The van der Waals surface area contributed by atoms with Crippen LogP contribution in [0.25, 0.3) is 0 Å². The Morgan fingerprint density at radius 2 is 1.60 bits per heavy atom. The predicted octanol–water partition coefficient (Wildman–Crippen LogP) is 6.33. The number of amides is 2. The summed E-state index contributed by atoms with van der Waals surface area (Å²) in [7, 11) is 2.82. The minimum Gasteiger partial charge on any atom is -0.493 e. The van der Waals surface area contributed by atoms with E-state index < -0.39 is 47.4 Å². The van der Waals surface area contributed by atoms with Gasteiger partial charge in [-0.1, -0.05) is 54.3 Å². The van der Waals surface area contributed by atoms with Crippen LogP contribution in [0, 0.1) is 11.8 Å². The number of nitrogens with two attached hydrogens (primary N) is 1. The molecule has 0 aromatic heterocycles. The molecule has 4 aromatic rings. The van der Waals surface area contributed by atoms with E-state index in [4.69, 9.17) is 20.7 Å². The lowest BCUT2D eigenvalue weighted by Gasteiger charge is -2.24. The number of carbonyl (C=O) groups is 3. The Hall–Kier alpha value is -5.00. The van der Waals surface area contributed by atoms with Crippen LogP contribution < -0.4 is 20.1 Å². The van der Waals surface area contributed by atoms with E-state index in [1.807, 2.05) is 54.6 Å². The molecule has 8 heteroatoms. The van der Waals surface area contributed by atoms with Crippen molar-refractivity contribution in [1.82, 2.24) is 0 Å². The van der Waals surface area contributed by atoms with Crippen LogP contribution in [0.15, 0.2) is 97.1 Å². The Bertz CT molecular complexity index is 1930. The molecule has 1 saturated heterocycles. The van der Waals surface area contributed by atoms with Crippen molar-refractivity contribution in [1.29, 1.82) is 0 Å². The number of nitrogens with zero attached hydrogens (tertiary/aromatic N) is 1. The Balaban J connectivity index is 1.39. The summed E-state index contributed by atoms with van der Waals surface area (Å²) in [6.07, 6.45) is -6.30. The van der Waals surface area contributed by atoms with Crippen LogP contribution in [-0.2, 0) is 16.0 Å². The minimum atomic E-state index is -2.62. The number of Topliss-reactive ketones (excluding diaryl/α,β-unsaturated/α-hetero) is 1. The lowest BCUT2D eigenvalue weighted by atomic mass is 10.0. The molecular formula is C37H34N2O5S. The van der Waals surface area contributed by atoms with Crippen molar-refractivity contribution in [3.05, 3.63) is 125 Å². The van der Waals surface area contributed by atoms with E-state index in [0.717, 1.165) is 16.7 Å². The van der Waals surface area contributed by atoms with Gasteiger partial charge in [-0.15, -0.1) is 11.8 Å². The number of rotatable bonds is 11. The highest BCUT2D eigenvalue weighted by atomic mass is 32.2. The molecule has 0 unspecified atom stereocenters. The molecule has 2 amide bonds. The molecular weight excluding hydrogens is 584 g/mol. The normalized spacial score (nSPS) is 17.6. The van der Waals surface area contributed by atoms with Crippen LogP contribution in [0.2, 0.25) is 0 Å². The maximum absolute atomic E-state index is 14.0. The molecule has 0 bridgehead atoms. The number of aryl methyl sites for hydroxylation is 1. The molecule has 7 nitrogen and oxygen atoms in total. The van der Waals surface area contributed by atoms with Crippen molar-refractivity contribution < 1.29 is 29.3 Å². The zero-order valence-corrected chi connectivity index (χ0v) is 25.6. The van der Waals surface area contributed by atoms with Crippen LogP contribution in [0.4, 0.5) is 5.69 Å². The number of methoxy groups -OCH3 is 2. The molecule has 1 fully saturated rings. The van der Waals surface area contributed by atoms with E-state index >= 15 is 0 Å². The quantitative estimate of drug-likeness (QED) is 0.196. The Kier molecular flexibility index (Phi) is 8.60. The van der Waals surface area contributed by atoms with Crippen LogP contribution in [-0.4, -0.2) is 37.1 Å². The van der Waals surface area contributed by atoms with Crippen molar-refractivity contribution in [2.45, 2.75) is 36.2 Å². The number of ether oxygens (including phenoxy) is 2. The molecule has 0 spiro atoms. The summed E-state index contributed by atoms with van der Waals surface area (Å²) in [4.78, 5) is 40.9. The molecule has 5 rings (SSSR count). The molecule has 0 radical (unpaired) electrons. The highest BCUT2D eigenvalue weighted by Crippen LogP contribution is 2.47. The Morgan fingerprint density at radius 3 is 2.29 bits per heavy atom. The molecule has 1 aliphatic heterocycles. The number of hydrogen-bond donors (Lipinski definition) is 1. The first kappa shape index (κ1) is 26.4. The van der Waals surface area contributed by atoms with Gasteiger partial charge in [0.1, 0.15) is 11.2 Å². The summed E-state index contributed by atoms with van der Waals surface area (Å²) >= 11 is 1.23. The molecule has 228 valence electrons. The highest BCUT2D eigenvalue weighted by Gasteiger charge is 2.42. The molecule has 1 heterocycles. The second kappa shape index (κ2) is 14.7. The SMILES string of the molecule is [2H]C([2H])(CC(=O)C[C@H]1S[C@@H](c2ccc(C#Cc3ccccc3)cc2)N(c2cccc(C(N)=O)c2)C1=O)C([2H])([2H])c1ccc(OC)c(OC)c1. The maximum Gasteiger partial charge on any atom is 0.248 e. The first-order valence-corrected chi connectivity index (χ1v) is 15.1. The number of benzene rings is 4. The summed E-state index contributed by atoms with van der Waals surface area (Å²) in [5, 5.41) is -1.48. The summed E-state index contributed by atoms with van der Waals surface area (Å²) in [6.45, 7) is 0. The zero-order valence-electron chi connectivity index (χ0n) is 28.8. The van der Waals surface area contributed by atoms with Crippen molar-refractivity contribution in [3.63, 3.8) is 0 Å². The molecule has 45 heavy (non-hydrogen) atoms. The third kappa shape index (κ3) is 7.75. The van der Waals surface area contributed by atoms with Gasteiger partial charge in [0.2, 0.25) is 11.8 Å². The van der Waals surface area contributed by atoms with E-state index in [0.29, 0.717) is 11.4 Å². The van der Waals surface area contributed by atoms with Gasteiger partial charge < -0.3 is 15.2 Å². The summed E-state index contributed by atoms with van der Waals surface area (Å²) < 4.78 is 45.0. The van der Waals surface area contributed by atoms with Crippen molar-refractivity contribution >= 4 is 35.0 Å². The van der Waals surface area contributed by atoms with Gasteiger partial charge in [0, 0.05) is 40.7 Å². The number of hydrogen-bond acceptors (Lipinski definition) is 6. The van der Waals surface area contributed by atoms with E-state index in [9.17, 15) is 14.4 Å². The summed E-state index contributed by atoms with van der Waals surface area (Å²) in [6, 6.07) is 27.5. The van der Waals surface area contributed by atoms with Gasteiger partial charge in [0.05, 0.1) is 19.5 Å². The first-order valence-electron chi connectivity index (χ1n) is 16.1. The molecule has 0 saturated carbocycles. The Morgan fingerprint density at radius 1 is 0.889 bits per heavy atom.